The van der Waals surface area contributed by atoms with Crippen LogP contribution in [0.5, 0.6) is 0 Å². The maximum atomic E-state index is 12.0. The summed E-state index contributed by atoms with van der Waals surface area (Å²) in [7, 11) is 0. The van der Waals surface area contributed by atoms with Crippen molar-refractivity contribution in [3.63, 3.8) is 0 Å². The van der Waals surface area contributed by atoms with Crippen LogP contribution < -0.4 is 4.90 Å². The smallest absolute Gasteiger partial charge is 0.305 e. The Labute approximate surface area is 127 Å². The molecule has 0 spiro atoms. The third-order valence-corrected chi connectivity index (χ3v) is 4.47. The summed E-state index contributed by atoms with van der Waals surface area (Å²) in [5.41, 5.74) is 1.34. The van der Waals surface area contributed by atoms with E-state index in [1.807, 2.05) is 12.1 Å². The number of benzene rings is 1. The molecule has 7 heteroatoms. The Balaban J connectivity index is 1.87. The van der Waals surface area contributed by atoms with Crippen molar-refractivity contribution in [2.45, 2.75) is 18.6 Å². The molecule has 1 amide bonds. The third kappa shape index (κ3) is 2.60. The zero-order valence-corrected chi connectivity index (χ0v) is 13.0. The van der Waals surface area contributed by atoms with Gasteiger partial charge >= 0.3 is 6.01 Å². The summed E-state index contributed by atoms with van der Waals surface area (Å²) in [6.07, 6.45) is 0.340. The molecule has 3 rings (SSSR count). The second-order valence-electron chi connectivity index (χ2n) is 4.55. The van der Waals surface area contributed by atoms with Crippen molar-refractivity contribution in [2.75, 3.05) is 11.4 Å². The molecular formula is C13H11BrN2O3S. The Bertz CT molecular complexity index is 700. The zero-order chi connectivity index (χ0) is 14.3. The van der Waals surface area contributed by atoms with Gasteiger partial charge in [0.25, 0.3) is 0 Å². The molecule has 1 saturated heterocycles. The lowest BCUT2D eigenvalue weighted by Gasteiger charge is -2.10. The first kappa shape index (κ1) is 13.6. The first-order valence-electron chi connectivity index (χ1n) is 6.06. The molecule has 1 atom stereocenters. The van der Waals surface area contributed by atoms with Crippen LogP contribution in [0.2, 0.25) is 0 Å². The van der Waals surface area contributed by atoms with Crippen LogP contribution in [0.3, 0.4) is 0 Å². The lowest BCUT2D eigenvalue weighted by Crippen LogP contribution is -2.25. The van der Waals surface area contributed by atoms with Crippen LogP contribution in [-0.2, 0) is 9.59 Å². The summed E-state index contributed by atoms with van der Waals surface area (Å²) < 4.78 is 6.51. The molecule has 5 nitrogen and oxygen atoms in total. The molecule has 20 heavy (non-hydrogen) atoms. The molecule has 0 bridgehead atoms. The number of oxazole rings is 1. The molecular weight excluding hydrogens is 344 g/mol. The van der Waals surface area contributed by atoms with Crippen LogP contribution in [0.1, 0.15) is 13.3 Å². The van der Waals surface area contributed by atoms with E-state index in [2.05, 4.69) is 20.9 Å². The summed E-state index contributed by atoms with van der Waals surface area (Å²) >= 11 is 4.57. The predicted molar refractivity (Wildman–Crippen MR) is 80.7 cm³/mol. The normalized spacial score (nSPS) is 19.0. The van der Waals surface area contributed by atoms with E-state index in [1.54, 1.807) is 6.07 Å². The van der Waals surface area contributed by atoms with E-state index in [0.717, 1.165) is 4.47 Å². The van der Waals surface area contributed by atoms with Crippen molar-refractivity contribution >= 4 is 55.8 Å². The average Bonchev–Trinajstić information content (AvgIpc) is 2.91. The van der Waals surface area contributed by atoms with Crippen molar-refractivity contribution in [3.05, 3.63) is 22.7 Å². The minimum absolute atomic E-state index is 0.0196. The van der Waals surface area contributed by atoms with E-state index in [1.165, 1.54) is 23.6 Å². The Morgan fingerprint density at radius 3 is 3.10 bits per heavy atom. The highest BCUT2D eigenvalue weighted by atomic mass is 79.9. The van der Waals surface area contributed by atoms with Gasteiger partial charge in [0.2, 0.25) is 5.91 Å². The average molecular weight is 355 g/mol. The van der Waals surface area contributed by atoms with Gasteiger partial charge in [0.15, 0.2) is 10.7 Å². The highest BCUT2D eigenvalue weighted by Gasteiger charge is 2.34. The first-order valence-corrected chi connectivity index (χ1v) is 7.74. The lowest BCUT2D eigenvalue weighted by molar-refractivity contribution is -0.117. The molecule has 0 radical (unpaired) electrons. The minimum atomic E-state index is -0.0608. The van der Waals surface area contributed by atoms with Gasteiger partial charge < -0.3 is 4.42 Å². The van der Waals surface area contributed by atoms with E-state index in [0.29, 0.717) is 30.1 Å². The van der Waals surface area contributed by atoms with Crippen LogP contribution in [-0.4, -0.2) is 27.8 Å². The largest absolute Gasteiger partial charge is 0.423 e. The molecule has 1 aromatic carbocycles. The van der Waals surface area contributed by atoms with Gasteiger partial charge in [0, 0.05) is 29.6 Å². The fourth-order valence-corrected chi connectivity index (χ4v) is 3.45. The van der Waals surface area contributed by atoms with Crippen LogP contribution >= 0.6 is 27.7 Å². The molecule has 0 N–H and O–H groups in total. The molecule has 104 valence electrons. The quantitative estimate of drug-likeness (QED) is 0.829. The SMILES string of the molecule is CC(=O)SC1CC(=O)N(c2nc3cc(Br)ccc3o2)C1. The number of halogens is 1. The fourth-order valence-electron chi connectivity index (χ4n) is 2.18. The van der Waals surface area contributed by atoms with Gasteiger partial charge in [-0.2, -0.15) is 4.98 Å². The number of fused-ring (bicyclic) bond motifs is 1. The molecule has 1 aromatic heterocycles. The Hall–Kier alpha value is -1.34. The second-order valence-corrected chi connectivity index (χ2v) is 6.94. The molecule has 1 aliphatic rings. The van der Waals surface area contributed by atoms with Gasteiger partial charge in [0.05, 0.1) is 0 Å². The van der Waals surface area contributed by atoms with Crippen LogP contribution in [0, 0.1) is 0 Å². The molecule has 0 aliphatic carbocycles. The van der Waals surface area contributed by atoms with E-state index >= 15 is 0 Å². The Morgan fingerprint density at radius 1 is 1.55 bits per heavy atom. The number of hydrogen-bond donors (Lipinski definition) is 0. The molecule has 2 aromatic rings. The van der Waals surface area contributed by atoms with Crippen molar-refractivity contribution in [3.8, 4) is 0 Å². The molecule has 1 fully saturated rings. The number of anilines is 1. The second kappa shape index (κ2) is 5.21. The highest BCUT2D eigenvalue weighted by molar-refractivity contribution is 9.10. The standard InChI is InChI=1S/C13H11BrN2O3S/c1-7(17)20-9-5-12(18)16(6-9)13-15-10-4-8(14)2-3-11(10)19-13/h2-4,9H,5-6H2,1H3. The lowest BCUT2D eigenvalue weighted by atomic mass is 10.3. The Morgan fingerprint density at radius 2 is 2.35 bits per heavy atom. The number of carbonyl (C=O) groups is 2. The molecule has 1 aliphatic heterocycles. The highest BCUT2D eigenvalue weighted by Crippen LogP contribution is 2.31. The summed E-state index contributed by atoms with van der Waals surface area (Å²) in [6, 6.07) is 5.80. The predicted octanol–water partition coefficient (Wildman–Crippen LogP) is 2.98. The zero-order valence-electron chi connectivity index (χ0n) is 10.6. The van der Waals surface area contributed by atoms with Gasteiger partial charge in [-0.05, 0) is 18.2 Å². The van der Waals surface area contributed by atoms with Crippen molar-refractivity contribution < 1.29 is 14.0 Å². The molecule has 1 unspecified atom stereocenters. The Kier molecular flexibility index (Phi) is 3.55. The van der Waals surface area contributed by atoms with Crippen molar-refractivity contribution in [1.29, 1.82) is 0 Å². The monoisotopic (exact) mass is 354 g/mol. The summed E-state index contributed by atoms with van der Waals surface area (Å²) in [4.78, 5) is 29.0. The van der Waals surface area contributed by atoms with Gasteiger partial charge in [-0.1, -0.05) is 27.7 Å². The summed E-state index contributed by atoms with van der Waals surface area (Å²) in [5, 5.41) is -0.00658. The maximum Gasteiger partial charge on any atom is 0.305 e. The first-order chi connectivity index (χ1) is 9.52. The topological polar surface area (TPSA) is 63.4 Å². The van der Waals surface area contributed by atoms with Crippen molar-refractivity contribution in [1.82, 2.24) is 4.98 Å². The van der Waals surface area contributed by atoms with E-state index in [4.69, 9.17) is 4.42 Å². The van der Waals surface area contributed by atoms with Crippen LogP contribution in [0.25, 0.3) is 11.1 Å². The summed E-state index contributed by atoms with van der Waals surface area (Å²) in [5.74, 6) is -0.0608. The number of hydrogen-bond acceptors (Lipinski definition) is 5. The minimum Gasteiger partial charge on any atom is -0.423 e. The summed E-state index contributed by atoms with van der Waals surface area (Å²) in [6.45, 7) is 1.96. The number of thioether (sulfide) groups is 1. The van der Waals surface area contributed by atoms with E-state index in [9.17, 15) is 9.59 Å². The van der Waals surface area contributed by atoms with Gasteiger partial charge in [-0.15, -0.1) is 0 Å². The van der Waals surface area contributed by atoms with Gasteiger partial charge in [-0.25, -0.2) is 0 Å². The van der Waals surface area contributed by atoms with E-state index < -0.39 is 0 Å². The number of amides is 1. The molecule has 2 heterocycles. The third-order valence-electron chi connectivity index (χ3n) is 2.99. The fraction of sp³-hybridized carbons (Fsp3) is 0.308. The van der Waals surface area contributed by atoms with Gasteiger partial charge in [0.1, 0.15) is 5.52 Å². The van der Waals surface area contributed by atoms with Gasteiger partial charge in [-0.3, -0.25) is 14.5 Å². The van der Waals surface area contributed by atoms with Crippen LogP contribution in [0.4, 0.5) is 6.01 Å². The van der Waals surface area contributed by atoms with Crippen LogP contribution in [0.15, 0.2) is 27.1 Å². The molecule has 0 saturated carbocycles. The number of aromatic nitrogens is 1. The number of nitrogens with zero attached hydrogens (tertiary/aromatic N) is 2. The van der Waals surface area contributed by atoms with E-state index in [-0.39, 0.29) is 16.3 Å². The number of carbonyl (C=O) groups excluding carboxylic acids is 2. The maximum absolute atomic E-state index is 12.0. The number of rotatable bonds is 2. The van der Waals surface area contributed by atoms with Crippen molar-refractivity contribution in [2.24, 2.45) is 0 Å².